The van der Waals surface area contributed by atoms with Crippen LogP contribution in [0.1, 0.15) is 5.69 Å². The average Bonchev–Trinajstić information content (AvgIpc) is 3.11. The van der Waals surface area contributed by atoms with Crippen molar-refractivity contribution in [1.82, 2.24) is 14.3 Å². The predicted molar refractivity (Wildman–Crippen MR) is 75.3 cm³/mol. The maximum Gasteiger partial charge on any atom is 0.311 e. The van der Waals surface area contributed by atoms with E-state index in [-0.39, 0.29) is 25.5 Å². The SMILES string of the molecule is CN(C(=O)Cc1cn2ccsc2n1)C1COCC1C(=O)O. The number of hydrogen-bond acceptors (Lipinski definition) is 5. The Morgan fingerprint density at radius 2 is 2.38 bits per heavy atom. The number of carbonyl (C=O) groups excluding carboxylic acids is 1. The molecule has 1 saturated heterocycles. The Labute approximate surface area is 124 Å². The van der Waals surface area contributed by atoms with Crippen LogP contribution in [0.25, 0.3) is 4.96 Å². The highest BCUT2D eigenvalue weighted by Gasteiger charge is 2.38. The van der Waals surface area contributed by atoms with Crippen LogP contribution in [0.4, 0.5) is 0 Å². The van der Waals surface area contributed by atoms with Crippen molar-refractivity contribution in [3.05, 3.63) is 23.5 Å². The number of likely N-dealkylation sites (N-methyl/N-ethyl adjacent to an activating group) is 1. The van der Waals surface area contributed by atoms with Gasteiger partial charge in [-0.05, 0) is 0 Å². The molecule has 21 heavy (non-hydrogen) atoms. The molecule has 1 aliphatic heterocycles. The molecule has 112 valence electrons. The van der Waals surface area contributed by atoms with Crippen LogP contribution in [0.15, 0.2) is 17.8 Å². The number of thiazole rings is 1. The monoisotopic (exact) mass is 309 g/mol. The molecule has 1 N–H and O–H groups in total. The van der Waals surface area contributed by atoms with Crippen molar-refractivity contribution >= 4 is 28.2 Å². The van der Waals surface area contributed by atoms with E-state index in [4.69, 9.17) is 9.84 Å². The maximum absolute atomic E-state index is 12.3. The summed E-state index contributed by atoms with van der Waals surface area (Å²) in [6.07, 6.45) is 3.86. The van der Waals surface area contributed by atoms with E-state index < -0.39 is 17.9 Å². The van der Waals surface area contributed by atoms with E-state index in [9.17, 15) is 9.59 Å². The number of carbonyl (C=O) groups is 2. The normalized spacial score (nSPS) is 21.8. The second-order valence-electron chi connectivity index (χ2n) is 5.06. The molecule has 8 heteroatoms. The first-order valence-corrected chi connectivity index (χ1v) is 7.41. The zero-order valence-electron chi connectivity index (χ0n) is 11.4. The first kappa shape index (κ1) is 14.0. The van der Waals surface area contributed by atoms with E-state index in [1.54, 1.807) is 7.05 Å². The molecule has 7 nitrogen and oxygen atoms in total. The van der Waals surface area contributed by atoms with Gasteiger partial charge in [0.1, 0.15) is 5.92 Å². The van der Waals surface area contributed by atoms with Crippen molar-refractivity contribution in [1.29, 1.82) is 0 Å². The number of amides is 1. The lowest BCUT2D eigenvalue weighted by molar-refractivity contribution is -0.144. The number of imidazole rings is 1. The lowest BCUT2D eigenvalue weighted by Gasteiger charge is -2.26. The fourth-order valence-corrected chi connectivity index (χ4v) is 3.21. The van der Waals surface area contributed by atoms with E-state index in [1.807, 2.05) is 22.2 Å². The zero-order valence-corrected chi connectivity index (χ0v) is 12.2. The summed E-state index contributed by atoms with van der Waals surface area (Å²) >= 11 is 1.50. The van der Waals surface area contributed by atoms with Crippen molar-refractivity contribution in [2.75, 3.05) is 20.3 Å². The van der Waals surface area contributed by atoms with E-state index in [0.717, 1.165) is 4.96 Å². The molecular formula is C13H15N3O4S. The van der Waals surface area contributed by atoms with Crippen molar-refractivity contribution in [3.63, 3.8) is 0 Å². The molecular weight excluding hydrogens is 294 g/mol. The van der Waals surface area contributed by atoms with Gasteiger partial charge in [-0.1, -0.05) is 0 Å². The molecule has 2 aromatic heterocycles. The summed E-state index contributed by atoms with van der Waals surface area (Å²) in [7, 11) is 1.62. The molecule has 3 rings (SSSR count). The molecule has 2 aromatic rings. The Morgan fingerprint density at radius 3 is 3.10 bits per heavy atom. The number of aliphatic carboxylic acids is 1. The zero-order chi connectivity index (χ0) is 15.0. The van der Waals surface area contributed by atoms with Gasteiger partial charge in [0, 0.05) is 24.8 Å². The maximum atomic E-state index is 12.3. The van der Waals surface area contributed by atoms with Crippen LogP contribution in [0, 0.1) is 5.92 Å². The topological polar surface area (TPSA) is 84.1 Å². The van der Waals surface area contributed by atoms with Gasteiger partial charge in [-0.25, -0.2) is 4.98 Å². The number of nitrogens with zero attached hydrogens (tertiary/aromatic N) is 3. The minimum Gasteiger partial charge on any atom is -0.481 e. The highest BCUT2D eigenvalue weighted by molar-refractivity contribution is 7.15. The van der Waals surface area contributed by atoms with E-state index in [2.05, 4.69) is 4.98 Å². The molecule has 0 aromatic carbocycles. The number of carboxylic acids is 1. The van der Waals surface area contributed by atoms with E-state index in [1.165, 1.54) is 16.2 Å². The van der Waals surface area contributed by atoms with Gasteiger partial charge in [0.2, 0.25) is 5.91 Å². The Kier molecular flexibility index (Phi) is 3.64. The number of carboxylic acid groups (broad SMARTS) is 1. The third-order valence-corrected chi connectivity index (χ3v) is 4.50. The molecule has 0 radical (unpaired) electrons. The van der Waals surface area contributed by atoms with Gasteiger partial charge in [-0.15, -0.1) is 11.3 Å². The third-order valence-electron chi connectivity index (χ3n) is 3.73. The van der Waals surface area contributed by atoms with Crippen LogP contribution in [-0.2, 0) is 20.7 Å². The molecule has 1 aliphatic rings. The first-order chi connectivity index (χ1) is 10.1. The second-order valence-corrected chi connectivity index (χ2v) is 5.93. The van der Waals surface area contributed by atoms with Gasteiger partial charge in [0.15, 0.2) is 4.96 Å². The van der Waals surface area contributed by atoms with Gasteiger partial charge in [-0.2, -0.15) is 0 Å². The van der Waals surface area contributed by atoms with Crippen LogP contribution < -0.4 is 0 Å². The van der Waals surface area contributed by atoms with Gasteiger partial charge < -0.3 is 14.7 Å². The summed E-state index contributed by atoms with van der Waals surface area (Å²) in [5.74, 6) is -1.74. The fourth-order valence-electron chi connectivity index (χ4n) is 2.49. The van der Waals surface area contributed by atoms with Crippen LogP contribution in [0.3, 0.4) is 0 Å². The lowest BCUT2D eigenvalue weighted by atomic mass is 10.0. The number of ether oxygens (including phenoxy) is 1. The average molecular weight is 309 g/mol. The number of hydrogen-bond donors (Lipinski definition) is 1. The lowest BCUT2D eigenvalue weighted by Crippen LogP contribution is -2.44. The van der Waals surface area contributed by atoms with Gasteiger partial charge in [-0.3, -0.25) is 14.0 Å². The van der Waals surface area contributed by atoms with Crippen molar-refractivity contribution < 1.29 is 19.4 Å². The van der Waals surface area contributed by atoms with Crippen LogP contribution in [-0.4, -0.2) is 57.6 Å². The quantitative estimate of drug-likeness (QED) is 0.889. The predicted octanol–water partition coefficient (Wildman–Crippen LogP) is 0.496. The first-order valence-electron chi connectivity index (χ1n) is 6.53. The van der Waals surface area contributed by atoms with Crippen LogP contribution >= 0.6 is 11.3 Å². The molecule has 0 saturated carbocycles. The van der Waals surface area contributed by atoms with Gasteiger partial charge in [0.25, 0.3) is 0 Å². The molecule has 0 bridgehead atoms. The summed E-state index contributed by atoms with van der Waals surface area (Å²) in [6, 6.07) is -0.418. The summed E-state index contributed by atoms with van der Waals surface area (Å²) < 4.78 is 7.06. The Hall–Kier alpha value is -1.93. The molecule has 2 atom stereocenters. The van der Waals surface area contributed by atoms with Crippen molar-refractivity contribution in [3.8, 4) is 0 Å². The highest BCUT2D eigenvalue weighted by atomic mass is 32.1. The second kappa shape index (κ2) is 5.45. The van der Waals surface area contributed by atoms with Gasteiger partial charge in [0.05, 0.1) is 31.4 Å². The standard InChI is InChI=1S/C13H15N3O4S/c1-15(10-7-20-6-9(10)12(18)19)11(17)4-8-5-16-2-3-21-13(16)14-8/h2-3,5,9-10H,4,6-7H2,1H3,(H,18,19). The summed E-state index contributed by atoms with van der Waals surface area (Å²) in [5, 5.41) is 11.1. The molecule has 2 unspecified atom stereocenters. The summed E-state index contributed by atoms with van der Waals surface area (Å²) in [4.78, 5) is 30.1. The van der Waals surface area contributed by atoms with E-state index >= 15 is 0 Å². The Balaban J connectivity index is 1.69. The highest BCUT2D eigenvalue weighted by Crippen LogP contribution is 2.20. The van der Waals surface area contributed by atoms with Crippen LogP contribution in [0.5, 0.6) is 0 Å². The molecule has 0 aliphatic carbocycles. The smallest absolute Gasteiger partial charge is 0.311 e. The fraction of sp³-hybridized carbons (Fsp3) is 0.462. The molecule has 0 spiro atoms. The van der Waals surface area contributed by atoms with Crippen LogP contribution in [0.2, 0.25) is 0 Å². The van der Waals surface area contributed by atoms with Crippen molar-refractivity contribution in [2.24, 2.45) is 5.92 Å². The molecule has 1 amide bonds. The Morgan fingerprint density at radius 1 is 1.57 bits per heavy atom. The van der Waals surface area contributed by atoms with Gasteiger partial charge >= 0.3 is 5.97 Å². The summed E-state index contributed by atoms with van der Waals surface area (Å²) in [6.45, 7) is 0.412. The minimum absolute atomic E-state index is 0.150. The van der Waals surface area contributed by atoms with E-state index in [0.29, 0.717) is 5.69 Å². The third kappa shape index (κ3) is 2.64. The number of fused-ring (bicyclic) bond motifs is 1. The number of rotatable bonds is 4. The van der Waals surface area contributed by atoms with Crippen molar-refractivity contribution in [2.45, 2.75) is 12.5 Å². The Bertz CT molecular complexity index is 651. The molecule has 3 heterocycles. The largest absolute Gasteiger partial charge is 0.481 e. The summed E-state index contributed by atoms with van der Waals surface area (Å²) in [5.41, 5.74) is 0.685. The number of aromatic nitrogens is 2. The minimum atomic E-state index is -0.931. The molecule has 1 fully saturated rings.